The van der Waals surface area contributed by atoms with Gasteiger partial charge in [-0.05, 0) is 35.8 Å². The molecule has 0 aromatic heterocycles. The van der Waals surface area contributed by atoms with Gasteiger partial charge in [0.2, 0.25) is 0 Å². The number of ketones is 1. The van der Waals surface area contributed by atoms with Crippen molar-refractivity contribution < 1.29 is 9.32 Å². The number of rotatable bonds is 8. The summed E-state index contributed by atoms with van der Waals surface area (Å²) in [6, 6.07) is 31.0. The van der Waals surface area contributed by atoms with Crippen LogP contribution in [0, 0.1) is 0 Å². The van der Waals surface area contributed by atoms with Gasteiger partial charge in [-0.2, -0.15) is 0 Å². The molecule has 3 nitrogen and oxygen atoms in total. The molecule has 3 aromatic rings. The third-order valence-electron chi connectivity index (χ3n) is 4.72. The van der Waals surface area contributed by atoms with Crippen LogP contribution in [0.1, 0.15) is 26.7 Å². The molecule has 0 heterocycles. The summed E-state index contributed by atoms with van der Waals surface area (Å²) in [4.78, 5) is 11.3. The number of nitrogens with zero attached hydrogens (tertiary/aromatic N) is 1. The van der Waals surface area contributed by atoms with Gasteiger partial charge in [0.15, 0.2) is 0 Å². The molecule has 0 aliphatic rings. The Balaban J connectivity index is 2.14. The van der Waals surface area contributed by atoms with Crippen molar-refractivity contribution in [3.63, 3.8) is 0 Å². The molecule has 0 aliphatic carbocycles. The van der Waals surface area contributed by atoms with Gasteiger partial charge in [-0.1, -0.05) is 91.0 Å². The zero-order valence-corrected chi connectivity index (χ0v) is 17.3. The quantitative estimate of drug-likeness (QED) is 0.257. The summed E-state index contributed by atoms with van der Waals surface area (Å²) in [6.45, 7) is 3.52. The van der Waals surface area contributed by atoms with Crippen molar-refractivity contribution in [3.05, 3.63) is 91.0 Å². The SMILES string of the molecule is CC(=O)CCC(C)=NO[Si](c1ccccc1)(c1ccccc1)c1ccccc1. The Bertz CT molecular complexity index is 828. The molecule has 142 valence electrons. The minimum Gasteiger partial charge on any atom is -0.438 e. The zero-order chi connectivity index (χ0) is 19.8. The van der Waals surface area contributed by atoms with Crippen molar-refractivity contribution >= 4 is 35.4 Å². The summed E-state index contributed by atoms with van der Waals surface area (Å²) in [5.74, 6) is 0.159. The summed E-state index contributed by atoms with van der Waals surface area (Å²) in [5.41, 5.74) is 0.829. The Morgan fingerprint density at radius 3 is 1.46 bits per heavy atom. The molecule has 3 aromatic carbocycles. The van der Waals surface area contributed by atoms with Gasteiger partial charge < -0.3 is 9.32 Å². The standard InChI is InChI=1S/C24H25NO2Si/c1-20(18-19-21(2)26)25-27-28(22-12-6-3-7-13-22,23-14-8-4-9-15-23)24-16-10-5-11-17-24/h3-17H,18-19H2,1-2H3. The summed E-state index contributed by atoms with van der Waals surface area (Å²) >= 11 is 0. The number of carbonyl (C=O) groups is 1. The zero-order valence-electron chi connectivity index (χ0n) is 16.3. The lowest BCUT2D eigenvalue weighted by molar-refractivity contribution is -0.116. The van der Waals surface area contributed by atoms with Gasteiger partial charge >= 0.3 is 8.32 Å². The van der Waals surface area contributed by atoms with E-state index in [2.05, 4.69) is 41.6 Å². The summed E-state index contributed by atoms with van der Waals surface area (Å²) < 4.78 is 6.50. The van der Waals surface area contributed by atoms with E-state index in [1.165, 1.54) is 0 Å². The van der Waals surface area contributed by atoms with E-state index in [9.17, 15) is 4.79 Å². The second-order valence-electron chi connectivity index (χ2n) is 6.90. The molecule has 0 bridgehead atoms. The lowest BCUT2D eigenvalue weighted by Gasteiger charge is -2.30. The van der Waals surface area contributed by atoms with Crippen LogP contribution in [0.4, 0.5) is 0 Å². The fourth-order valence-electron chi connectivity index (χ4n) is 3.23. The first-order valence-electron chi connectivity index (χ1n) is 9.50. The second-order valence-corrected chi connectivity index (χ2v) is 10.2. The molecule has 4 heteroatoms. The fourth-order valence-corrected chi connectivity index (χ4v) is 6.82. The Hall–Kier alpha value is -2.98. The Morgan fingerprint density at radius 2 is 1.11 bits per heavy atom. The molecule has 0 unspecified atom stereocenters. The molecule has 0 saturated heterocycles. The van der Waals surface area contributed by atoms with Crippen LogP contribution < -0.4 is 15.6 Å². The van der Waals surface area contributed by atoms with Crippen LogP contribution in [-0.4, -0.2) is 19.8 Å². The number of oxime groups is 1. The Labute approximate surface area is 167 Å². The molecule has 0 spiro atoms. The highest BCUT2D eigenvalue weighted by atomic mass is 28.4. The molecule has 28 heavy (non-hydrogen) atoms. The molecular weight excluding hydrogens is 362 g/mol. The van der Waals surface area contributed by atoms with Gasteiger partial charge in [0.25, 0.3) is 0 Å². The lowest BCUT2D eigenvalue weighted by Crippen LogP contribution is -2.68. The van der Waals surface area contributed by atoms with Crippen molar-refractivity contribution in [1.29, 1.82) is 0 Å². The summed E-state index contributed by atoms with van der Waals surface area (Å²) in [6.07, 6.45) is 1.09. The predicted molar refractivity (Wildman–Crippen MR) is 118 cm³/mol. The van der Waals surface area contributed by atoms with Gasteiger partial charge in [-0.25, -0.2) is 0 Å². The average molecular weight is 388 g/mol. The van der Waals surface area contributed by atoms with Crippen LogP contribution in [0.15, 0.2) is 96.2 Å². The highest BCUT2D eigenvalue weighted by molar-refractivity contribution is 7.07. The van der Waals surface area contributed by atoms with E-state index >= 15 is 0 Å². The molecule has 3 rings (SSSR count). The molecule has 0 amide bonds. The van der Waals surface area contributed by atoms with E-state index in [1.807, 2.05) is 61.5 Å². The maximum Gasteiger partial charge on any atom is 0.380 e. The minimum absolute atomic E-state index is 0.159. The number of hydrogen-bond acceptors (Lipinski definition) is 3. The van der Waals surface area contributed by atoms with E-state index < -0.39 is 8.32 Å². The molecule has 0 atom stereocenters. The van der Waals surface area contributed by atoms with Crippen molar-refractivity contribution in [2.45, 2.75) is 26.7 Å². The normalized spacial score (nSPS) is 11.9. The van der Waals surface area contributed by atoms with Crippen molar-refractivity contribution in [1.82, 2.24) is 0 Å². The fraction of sp³-hybridized carbons (Fsp3) is 0.167. The molecular formula is C24H25NO2Si. The Kier molecular flexibility index (Phi) is 6.56. The first-order valence-corrected chi connectivity index (χ1v) is 11.4. The van der Waals surface area contributed by atoms with Crippen LogP contribution in [-0.2, 0) is 9.32 Å². The van der Waals surface area contributed by atoms with E-state index in [-0.39, 0.29) is 5.78 Å². The average Bonchev–Trinajstić information content (AvgIpc) is 2.75. The lowest BCUT2D eigenvalue weighted by atomic mass is 10.2. The third-order valence-corrected chi connectivity index (χ3v) is 8.52. The van der Waals surface area contributed by atoms with Gasteiger partial charge in [-0.3, -0.25) is 0 Å². The highest BCUT2D eigenvalue weighted by Crippen LogP contribution is 2.11. The van der Waals surface area contributed by atoms with Crippen LogP contribution in [0.25, 0.3) is 0 Å². The van der Waals surface area contributed by atoms with E-state index in [0.717, 1.165) is 21.3 Å². The largest absolute Gasteiger partial charge is 0.438 e. The maximum absolute atomic E-state index is 11.3. The summed E-state index contributed by atoms with van der Waals surface area (Å²) in [5, 5.41) is 7.93. The van der Waals surface area contributed by atoms with E-state index in [0.29, 0.717) is 12.8 Å². The maximum atomic E-state index is 11.3. The first kappa shape index (κ1) is 19.8. The topological polar surface area (TPSA) is 38.7 Å². The van der Waals surface area contributed by atoms with Gasteiger partial charge in [-0.15, -0.1) is 5.16 Å². The van der Waals surface area contributed by atoms with E-state index in [1.54, 1.807) is 6.92 Å². The summed E-state index contributed by atoms with van der Waals surface area (Å²) in [7, 11) is -2.82. The van der Waals surface area contributed by atoms with Gasteiger partial charge in [0.05, 0.1) is 5.71 Å². The monoisotopic (exact) mass is 387 g/mol. The number of benzene rings is 3. The van der Waals surface area contributed by atoms with Crippen LogP contribution in [0.2, 0.25) is 0 Å². The van der Waals surface area contributed by atoms with Crippen molar-refractivity contribution in [3.8, 4) is 0 Å². The van der Waals surface area contributed by atoms with Crippen LogP contribution in [0.3, 0.4) is 0 Å². The minimum atomic E-state index is -2.82. The van der Waals surface area contributed by atoms with Crippen molar-refractivity contribution in [2.75, 3.05) is 0 Å². The predicted octanol–water partition coefficient (Wildman–Crippen LogP) is 3.42. The number of carbonyl (C=O) groups excluding carboxylic acids is 1. The second kappa shape index (κ2) is 9.29. The van der Waals surface area contributed by atoms with Crippen molar-refractivity contribution in [2.24, 2.45) is 5.16 Å². The highest BCUT2D eigenvalue weighted by Gasteiger charge is 2.44. The Morgan fingerprint density at radius 1 is 0.714 bits per heavy atom. The van der Waals surface area contributed by atoms with Crippen LogP contribution >= 0.6 is 0 Å². The van der Waals surface area contributed by atoms with Gasteiger partial charge in [0.1, 0.15) is 5.78 Å². The molecule has 0 saturated carbocycles. The first-order chi connectivity index (χ1) is 13.6. The molecule has 0 fully saturated rings. The van der Waals surface area contributed by atoms with Crippen LogP contribution in [0.5, 0.6) is 0 Å². The number of Topliss-reactive ketones (excluding diaryl/α,β-unsaturated/α-hetero) is 1. The smallest absolute Gasteiger partial charge is 0.380 e. The van der Waals surface area contributed by atoms with E-state index in [4.69, 9.17) is 4.53 Å². The number of hydrogen-bond donors (Lipinski definition) is 0. The third kappa shape index (κ3) is 4.46. The molecule has 0 radical (unpaired) electrons. The van der Waals surface area contributed by atoms with Gasteiger partial charge in [0, 0.05) is 6.42 Å². The molecule has 0 aliphatic heterocycles. The molecule has 0 N–H and O–H groups in total.